The Kier molecular flexibility index (Phi) is 9.15. The van der Waals surface area contributed by atoms with E-state index in [9.17, 15) is 20.1 Å². The van der Waals surface area contributed by atoms with Gasteiger partial charge in [0.1, 0.15) is 23.0 Å². The van der Waals surface area contributed by atoms with Crippen molar-refractivity contribution in [1.82, 2.24) is 0 Å². The Bertz CT molecular complexity index is 696. The minimum Gasteiger partial charge on any atom is -0.508 e. The number of aromatic hydroxyl groups is 2. The highest BCUT2D eigenvalue weighted by atomic mass is 16.6. The maximum Gasteiger partial charge on any atom is 0.311 e. The molecule has 0 saturated carbocycles. The molecule has 0 radical (unpaired) electrons. The standard InChI is InChI=1S/C22H28O6/c23-17-9-13-19(14-10-17)27-21(25)7-5-3-1-2-4-6-8-22(26)28-20-15-11-18(24)12-16-20/h9-16,21,23-25H,1-8H2. The molecule has 1 unspecified atom stereocenters. The molecular weight excluding hydrogens is 360 g/mol. The summed E-state index contributed by atoms with van der Waals surface area (Å²) < 4.78 is 10.6. The minimum atomic E-state index is -0.848. The molecule has 1 atom stereocenters. The summed E-state index contributed by atoms with van der Waals surface area (Å²) in [6, 6.07) is 12.4. The predicted octanol–water partition coefficient (Wildman–Crippen LogP) is 4.52. The summed E-state index contributed by atoms with van der Waals surface area (Å²) in [4.78, 5) is 11.7. The minimum absolute atomic E-state index is 0.138. The molecule has 2 aromatic rings. The zero-order valence-electron chi connectivity index (χ0n) is 15.9. The van der Waals surface area contributed by atoms with Crippen molar-refractivity contribution in [3.8, 4) is 23.0 Å². The molecule has 0 bridgehead atoms. The fourth-order valence-electron chi connectivity index (χ4n) is 2.73. The van der Waals surface area contributed by atoms with E-state index in [0.29, 0.717) is 24.3 Å². The number of aliphatic hydroxyl groups is 1. The molecule has 6 nitrogen and oxygen atoms in total. The normalized spacial score (nSPS) is 11.8. The van der Waals surface area contributed by atoms with E-state index < -0.39 is 6.29 Å². The van der Waals surface area contributed by atoms with Gasteiger partial charge >= 0.3 is 5.97 Å². The Labute approximate surface area is 165 Å². The van der Waals surface area contributed by atoms with Crippen LogP contribution in [0, 0.1) is 0 Å². The van der Waals surface area contributed by atoms with Crippen LogP contribution in [0.5, 0.6) is 23.0 Å². The Morgan fingerprint density at radius 1 is 0.750 bits per heavy atom. The van der Waals surface area contributed by atoms with E-state index in [1.807, 2.05) is 0 Å². The number of hydrogen-bond donors (Lipinski definition) is 3. The van der Waals surface area contributed by atoms with Crippen molar-refractivity contribution in [3.05, 3.63) is 48.5 Å². The lowest BCUT2D eigenvalue weighted by Gasteiger charge is -2.13. The van der Waals surface area contributed by atoms with Crippen LogP contribution >= 0.6 is 0 Å². The molecule has 0 fully saturated rings. The third-order valence-electron chi connectivity index (χ3n) is 4.26. The summed E-state index contributed by atoms with van der Waals surface area (Å²) in [5, 5.41) is 28.3. The van der Waals surface area contributed by atoms with E-state index in [1.165, 1.54) is 24.3 Å². The molecule has 6 heteroatoms. The fourth-order valence-corrected chi connectivity index (χ4v) is 2.73. The first-order valence-corrected chi connectivity index (χ1v) is 9.66. The molecule has 0 amide bonds. The first-order chi connectivity index (χ1) is 13.5. The average Bonchev–Trinajstić information content (AvgIpc) is 2.67. The lowest BCUT2D eigenvalue weighted by atomic mass is 10.1. The topological polar surface area (TPSA) is 96.2 Å². The van der Waals surface area contributed by atoms with Crippen molar-refractivity contribution >= 4 is 5.97 Å². The molecule has 0 saturated heterocycles. The zero-order valence-corrected chi connectivity index (χ0v) is 15.9. The number of ether oxygens (including phenoxy) is 2. The van der Waals surface area contributed by atoms with Crippen LogP contribution in [-0.2, 0) is 4.79 Å². The quantitative estimate of drug-likeness (QED) is 0.214. The van der Waals surface area contributed by atoms with Crippen molar-refractivity contribution in [2.24, 2.45) is 0 Å². The number of carbonyl (C=O) groups excluding carboxylic acids is 1. The van der Waals surface area contributed by atoms with Crippen LogP contribution in [0.4, 0.5) is 0 Å². The first kappa shape index (κ1) is 21.6. The van der Waals surface area contributed by atoms with E-state index in [0.717, 1.165) is 38.5 Å². The van der Waals surface area contributed by atoms with Gasteiger partial charge in [0.2, 0.25) is 0 Å². The van der Waals surface area contributed by atoms with Crippen LogP contribution in [0.25, 0.3) is 0 Å². The Hall–Kier alpha value is -2.73. The van der Waals surface area contributed by atoms with E-state index in [1.54, 1.807) is 24.3 Å². The molecular formula is C22H28O6. The lowest BCUT2D eigenvalue weighted by molar-refractivity contribution is -0.134. The van der Waals surface area contributed by atoms with Gasteiger partial charge in [0.05, 0.1) is 0 Å². The third-order valence-corrected chi connectivity index (χ3v) is 4.26. The van der Waals surface area contributed by atoms with E-state index in [4.69, 9.17) is 9.47 Å². The molecule has 152 valence electrons. The number of carbonyl (C=O) groups is 1. The van der Waals surface area contributed by atoms with Crippen LogP contribution in [-0.4, -0.2) is 27.6 Å². The molecule has 0 aliphatic rings. The van der Waals surface area contributed by atoms with Gasteiger partial charge in [-0.25, -0.2) is 0 Å². The summed E-state index contributed by atoms with van der Waals surface area (Å²) >= 11 is 0. The molecule has 2 aromatic carbocycles. The number of rotatable bonds is 12. The third kappa shape index (κ3) is 8.77. The van der Waals surface area contributed by atoms with Gasteiger partial charge in [-0.3, -0.25) is 4.79 Å². The van der Waals surface area contributed by atoms with Crippen LogP contribution in [0.2, 0.25) is 0 Å². The van der Waals surface area contributed by atoms with E-state index in [2.05, 4.69) is 0 Å². The van der Waals surface area contributed by atoms with Crippen molar-refractivity contribution in [1.29, 1.82) is 0 Å². The number of phenolic OH excluding ortho intramolecular Hbond substituents is 2. The predicted molar refractivity (Wildman–Crippen MR) is 105 cm³/mol. The Morgan fingerprint density at radius 2 is 1.25 bits per heavy atom. The summed E-state index contributed by atoms with van der Waals surface area (Å²) in [7, 11) is 0. The summed E-state index contributed by atoms with van der Waals surface area (Å²) in [5.74, 6) is 1.01. The zero-order chi connectivity index (χ0) is 20.2. The monoisotopic (exact) mass is 388 g/mol. The van der Waals surface area contributed by atoms with Gasteiger partial charge < -0.3 is 24.8 Å². The highest BCUT2D eigenvalue weighted by Crippen LogP contribution is 2.19. The maximum atomic E-state index is 11.7. The number of unbranched alkanes of at least 4 members (excludes halogenated alkanes) is 5. The Morgan fingerprint density at radius 3 is 1.86 bits per heavy atom. The van der Waals surface area contributed by atoms with Gasteiger partial charge in [0.25, 0.3) is 0 Å². The van der Waals surface area contributed by atoms with Crippen molar-refractivity contribution in [3.63, 3.8) is 0 Å². The van der Waals surface area contributed by atoms with Gasteiger partial charge in [0.15, 0.2) is 6.29 Å². The number of hydrogen-bond acceptors (Lipinski definition) is 6. The first-order valence-electron chi connectivity index (χ1n) is 9.66. The summed E-state index contributed by atoms with van der Waals surface area (Å²) in [6.45, 7) is 0. The largest absolute Gasteiger partial charge is 0.508 e. The molecule has 3 N–H and O–H groups in total. The highest BCUT2D eigenvalue weighted by molar-refractivity contribution is 5.72. The molecule has 0 aliphatic heterocycles. The Balaban J connectivity index is 1.45. The van der Waals surface area contributed by atoms with Gasteiger partial charge in [-0.05, 0) is 61.4 Å². The second-order valence-corrected chi connectivity index (χ2v) is 6.69. The number of esters is 1. The van der Waals surface area contributed by atoms with Gasteiger partial charge in [0, 0.05) is 12.8 Å². The van der Waals surface area contributed by atoms with Gasteiger partial charge in [-0.15, -0.1) is 0 Å². The summed E-state index contributed by atoms with van der Waals surface area (Å²) in [5.41, 5.74) is 0. The average molecular weight is 388 g/mol. The molecule has 0 heterocycles. The molecule has 2 rings (SSSR count). The van der Waals surface area contributed by atoms with Crippen molar-refractivity contribution in [2.75, 3.05) is 0 Å². The fraction of sp³-hybridized carbons (Fsp3) is 0.409. The second kappa shape index (κ2) is 11.9. The molecule has 0 spiro atoms. The van der Waals surface area contributed by atoms with Crippen LogP contribution < -0.4 is 9.47 Å². The second-order valence-electron chi connectivity index (χ2n) is 6.69. The number of aliphatic hydroxyl groups excluding tert-OH is 1. The van der Waals surface area contributed by atoms with Crippen LogP contribution in [0.15, 0.2) is 48.5 Å². The van der Waals surface area contributed by atoms with Gasteiger partial charge in [-0.1, -0.05) is 25.7 Å². The number of benzene rings is 2. The van der Waals surface area contributed by atoms with Gasteiger partial charge in [-0.2, -0.15) is 0 Å². The van der Waals surface area contributed by atoms with Crippen molar-refractivity contribution in [2.45, 2.75) is 57.7 Å². The maximum absolute atomic E-state index is 11.7. The smallest absolute Gasteiger partial charge is 0.311 e. The van der Waals surface area contributed by atoms with E-state index >= 15 is 0 Å². The highest BCUT2D eigenvalue weighted by Gasteiger charge is 2.07. The number of phenols is 2. The SMILES string of the molecule is O=C(CCCCCCCCC(O)Oc1ccc(O)cc1)Oc1ccc(O)cc1. The summed E-state index contributed by atoms with van der Waals surface area (Å²) in [6.07, 6.45) is 5.75. The van der Waals surface area contributed by atoms with E-state index in [-0.39, 0.29) is 17.5 Å². The van der Waals surface area contributed by atoms with Crippen molar-refractivity contribution < 1.29 is 29.6 Å². The molecule has 28 heavy (non-hydrogen) atoms. The lowest BCUT2D eigenvalue weighted by Crippen LogP contribution is -2.15. The molecule has 0 aliphatic carbocycles. The van der Waals surface area contributed by atoms with Crippen LogP contribution in [0.1, 0.15) is 51.4 Å². The van der Waals surface area contributed by atoms with Crippen LogP contribution in [0.3, 0.4) is 0 Å². The molecule has 0 aromatic heterocycles.